The van der Waals surface area contributed by atoms with E-state index in [0.29, 0.717) is 5.41 Å². The van der Waals surface area contributed by atoms with Gasteiger partial charge in [0.2, 0.25) is 0 Å². The molecule has 0 bridgehead atoms. The van der Waals surface area contributed by atoms with E-state index in [9.17, 15) is 0 Å². The second-order valence-corrected chi connectivity index (χ2v) is 6.99. The van der Waals surface area contributed by atoms with E-state index in [-0.39, 0.29) is 0 Å². The smallest absolute Gasteiger partial charge is 0.00451 e. The predicted octanol–water partition coefficient (Wildman–Crippen LogP) is 2.74. The summed E-state index contributed by atoms with van der Waals surface area (Å²) in [4.78, 5) is 2.72. The lowest BCUT2D eigenvalue weighted by molar-refractivity contribution is 0.193. The van der Waals surface area contributed by atoms with Crippen molar-refractivity contribution in [3.63, 3.8) is 0 Å². The molecule has 0 spiro atoms. The summed E-state index contributed by atoms with van der Waals surface area (Å²) in [6.07, 6.45) is 5.72. The zero-order chi connectivity index (χ0) is 12.3. The second-order valence-electron chi connectivity index (χ2n) is 6.99. The van der Waals surface area contributed by atoms with Crippen molar-refractivity contribution in [2.45, 2.75) is 46.5 Å². The number of hydrogen-bond acceptors (Lipinski definition) is 2. The summed E-state index contributed by atoms with van der Waals surface area (Å²) in [5.74, 6) is 2.07. The van der Waals surface area contributed by atoms with E-state index in [0.717, 1.165) is 24.9 Å². The van der Waals surface area contributed by atoms with Crippen molar-refractivity contribution in [2.24, 2.45) is 17.3 Å². The number of nitrogens with zero attached hydrogens (tertiary/aromatic N) is 1. The van der Waals surface area contributed by atoms with Crippen molar-refractivity contribution in [1.82, 2.24) is 10.2 Å². The Labute approximate surface area is 107 Å². The van der Waals surface area contributed by atoms with Crippen LogP contribution in [0.5, 0.6) is 0 Å². The van der Waals surface area contributed by atoms with E-state index in [1.165, 1.54) is 45.3 Å². The quantitative estimate of drug-likeness (QED) is 0.716. The van der Waals surface area contributed by atoms with Crippen LogP contribution in [-0.4, -0.2) is 37.6 Å². The molecule has 0 amide bonds. The van der Waals surface area contributed by atoms with Crippen LogP contribution in [0.3, 0.4) is 0 Å². The molecule has 2 nitrogen and oxygen atoms in total. The van der Waals surface area contributed by atoms with Crippen LogP contribution in [0.2, 0.25) is 0 Å². The molecule has 0 aromatic carbocycles. The van der Waals surface area contributed by atoms with Crippen molar-refractivity contribution in [3.05, 3.63) is 0 Å². The third-order valence-electron chi connectivity index (χ3n) is 4.48. The summed E-state index contributed by atoms with van der Waals surface area (Å²) in [7, 11) is 0. The van der Waals surface area contributed by atoms with E-state index in [4.69, 9.17) is 0 Å². The molecule has 0 aromatic heterocycles. The van der Waals surface area contributed by atoms with Gasteiger partial charge < -0.3 is 10.2 Å². The largest absolute Gasteiger partial charge is 0.316 e. The lowest BCUT2D eigenvalue weighted by Crippen LogP contribution is -2.40. The molecule has 2 atom stereocenters. The van der Waals surface area contributed by atoms with E-state index in [1.54, 1.807) is 0 Å². The Kier molecular flexibility index (Phi) is 4.48. The molecule has 1 aliphatic carbocycles. The number of rotatable bonds is 6. The van der Waals surface area contributed by atoms with E-state index in [2.05, 4.69) is 31.0 Å². The lowest BCUT2D eigenvalue weighted by Gasteiger charge is -2.31. The molecule has 1 saturated carbocycles. The zero-order valence-electron chi connectivity index (χ0n) is 12.0. The molecular formula is C15H30N2. The Morgan fingerprint density at radius 3 is 2.41 bits per heavy atom. The van der Waals surface area contributed by atoms with Gasteiger partial charge in [-0.3, -0.25) is 0 Å². The maximum absolute atomic E-state index is 3.57. The van der Waals surface area contributed by atoms with Crippen LogP contribution in [0.4, 0.5) is 0 Å². The third kappa shape index (κ3) is 3.69. The maximum Gasteiger partial charge on any atom is 0.00451 e. The zero-order valence-corrected chi connectivity index (χ0v) is 12.0. The van der Waals surface area contributed by atoms with Gasteiger partial charge in [0, 0.05) is 26.2 Å². The molecule has 1 aliphatic heterocycles. The van der Waals surface area contributed by atoms with Crippen LogP contribution >= 0.6 is 0 Å². The van der Waals surface area contributed by atoms with Crippen LogP contribution in [0.1, 0.15) is 46.5 Å². The molecule has 1 N–H and O–H groups in total. The third-order valence-corrected chi connectivity index (χ3v) is 4.48. The minimum atomic E-state index is 0.424. The Balaban J connectivity index is 1.73. The fourth-order valence-corrected chi connectivity index (χ4v) is 3.73. The summed E-state index contributed by atoms with van der Waals surface area (Å²) < 4.78 is 0. The Bertz CT molecular complexity index is 225. The van der Waals surface area contributed by atoms with Gasteiger partial charge in [-0.15, -0.1) is 0 Å². The van der Waals surface area contributed by atoms with Crippen molar-refractivity contribution in [2.75, 3.05) is 32.7 Å². The Morgan fingerprint density at radius 2 is 1.82 bits per heavy atom. The Morgan fingerprint density at radius 1 is 1.18 bits per heavy atom. The summed E-state index contributed by atoms with van der Waals surface area (Å²) in [5.41, 5.74) is 0.424. The summed E-state index contributed by atoms with van der Waals surface area (Å²) in [6.45, 7) is 13.4. The average Bonchev–Trinajstić information content (AvgIpc) is 2.77. The molecule has 2 aliphatic rings. The Hall–Kier alpha value is -0.0800. The highest BCUT2D eigenvalue weighted by atomic mass is 15.2. The van der Waals surface area contributed by atoms with Crippen molar-refractivity contribution >= 4 is 0 Å². The highest BCUT2D eigenvalue weighted by Gasteiger charge is 2.37. The molecule has 1 heterocycles. The highest BCUT2D eigenvalue weighted by molar-refractivity contribution is 4.90. The maximum atomic E-state index is 3.57. The first kappa shape index (κ1) is 13.4. The number of nitrogens with one attached hydrogen (secondary N) is 1. The first-order valence-electron chi connectivity index (χ1n) is 7.54. The molecular weight excluding hydrogens is 208 g/mol. The van der Waals surface area contributed by atoms with Crippen LogP contribution in [0.15, 0.2) is 0 Å². The van der Waals surface area contributed by atoms with E-state index >= 15 is 0 Å². The number of hydrogen-bond donors (Lipinski definition) is 1. The van der Waals surface area contributed by atoms with Gasteiger partial charge in [0.25, 0.3) is 0 Å². The molecule has 17 heavy (non-hydrogen) atoms. The van der Waals surface area contributed by atoms with E-state index < -0.39 is 0 Å². The first-order valence-corrected chi connectivity index (χ1v) is 7.54. The summed E-state index contributed by atoms with van der Waals surface area (Å²) >= 11 is 0. The lowest BCUT2D eigenvalue weighted by atomic mass is 9.92. The minimum Gasteiger partial charge on any atom is -0.316 e. The second kappa shape index (κ2) is 5.71. The van der Waals surface area contributed by atoms with Gasteiger partial charge in [-0.05, 0) is 43.1 Å². The molecule has 1 saturated heterocycles. The molecule has 2 fully saturated rings. The SMILES string of the molecule is CCCNCC(C)(C)CN1CC2CCCC2C1. The predicted molar refractivity (Wildman–Crippen MR) is 74.2 cm³/mol. The van der Waals surface area contributed by atoms with Crippen molar-refractivity contribution < 1.29 is 0 Å². The van der Waals surface area contributed by atoms with Crippen LogP contribution < -0.4 is 5.32 Å². The molecule has 2 unspecified atom stereocenters. The minimum absolute atomic E-state index is 0.424. The van der Waals surface area contributed by atoms with Crippen LogP contribution in [-0.2, 0) is 0 Å². The molecule has 2 heteroatoms. The van der Waals surface area contributed by atoms with Gasteiger partial charge in [-0.25, -0.2) is 0 Å². The van der Waals surface area contributed by atoms with E-state index in [1.807, 2.05) is 0 Å². The normalized spacial score (nSPS) is 29.8. The van der Waals surface area contributed by atoms with Crippen molar-refractivity contribution in [3.8, 4) is 0 Å². The fourth-order valence-electron chi connectivity index (χ4n) is 3.73. The molecule has 0 aromatic rings. The highest BCUT2D eigenvalue weighted by Crippen LogP contribution is 2.38. The van der Waals surface area contributed by atoms with Crippen LogP contribution in [0, 0.1) is 17.3 Å². The van der Waals surface area contributed by atoms with Crippen molar-refractivity contribution in [1.29, 1.82) is 0 Å². The monoisotopic (exact) mass is 238 g/mol. The fraction of sp³-hybridized carbons (Fsp3) is 1.00. The van der Waals surface area contributed by atoms with Gasteiger partial charge in [0.15, 0.2) is 0 Å². The standard InChI is InChI=1S/C15H30N2/c1-4-8-16-11-15(2,3)12-17-9-13-6-5-7-14(13)10-17/h13-14,16H,4-12H2,1-3H3. The van der Waals surface area contributed by atoms with Crippen LogP contribution in [0.25, 0.3) is 0 Å². The van der Waals surface area contributed by atoms with Gasteiger partial charge in [-0.2, -0.15) is 0 Å². The molecule has 2 rings (SSSR count). The number of fused-ring (bicyclic) bond motifs is 1. The van der Waals surface area contributed by atoms with Gasteiger partial charge in [-0.1, -0.05) is 27.2 Å². The first-order chi connectivity index (χ1) is 8.11. The molecule has 100 valence electrons. The average molecular weight is 238 g/mol. The van der Waals surface area contributed by atoms with Gasteiger partial charge >= 0.3 is 0 Å². The number of likely N-dealkylation sites (tertiary alicyclic amines) is 1. The molecule has 0 radical (unpaired) electrons. The summed E-state index contributed by atoms with van der Waals surface area (Å²) in [5, 5.41) is 3.57. The summed E-state index contributed by atoms with van der Waals surface area (Å²) in [6, 6.07) is 0. The topological polar surface area (TPSA) is 15.3 Å². The van der Waals surface area contributed by atoms with Gasteiger partial charge in [0.05, 0.1) is 0 Å². The van der Waals surface area contributed by atoms with Gasteiger partial charge in [0.1, 0.15) is 0 Å².